The van der Waals surface area contributed by atoms with Gasteiger partial charge in [-0.2, -0.15) is 0 Å². The molecule has 0 saturated heterocycles. The number of hydrogen-bond acceptors (Lipinski definition) is 5. The molecule has 1 amide bonds. The third kappa shape index (κ3) is 5.37. The van der Waals surface area contributed by atoms with Crippen LogP contribution in [0.15, 0.2) is 42.6 Å². The van der Waals surface area contributed by atoms with E-state index in [0.29, 0.717) is 12.0 Å². The van der Waals surface area contributed by atoms with Crippen LogP contribution in [0.1, 0.15) is 52.5 Å². The number of aromatic nitrogens is 1. The van der Waals surface area contributed by atoms with Crippen molar-refractivity contribution in [2.24, 2.45) is 0 Å². The number of esters is 1. The molecule has 27 heavy (non-hydrogen) atoms. The number of hydrogen-bond donors (Lipinski definition) is 1. The quantitative estimate of drug-likeness (QED) is 0.716. The SMILES string of the molecule is CCCCC(=O)N(Cc1ccc(C(=O)OC)cc1)c1cc(C(=O)O)ccn1. The van der Waals surface area contributed by atoms with E-state index in [4.69, 9.17) is 0 Å². The molecule has 1 heterocycles. The third-order valence-electron chi connectivity index (χ3n) is 4.03. The highest BCUT2D eigenvalue weighted by Crippen LogP contribution is 2.19. The third-order valence-corrected chi connectivity index (χ3v) is 4.03. The fraction of sp³-hybridized carbons (Fsp3) is 0.300. The van der Waals surface area contributed by atoms with Crippen LogP contribution < -0.4 is 4.90 Å². The van der Waals surface area contributed by atoms with Crippen LogP contribution in [-0.2, 0) is 16.1 Å². The van der Waals surface area contributed by atoms with Crippen molar-refractivity contribution >= 4 is 23.7 Å². The number of unbranched alkanes of at least 4 members (excludes halogenated alkanes) is 1. The molecule has 0 spiro atoms. The van der Waals surface area contributed by atoms with Crippen molar-refractivity contribution in [3.05, 3.63) is 59.3 Å². The Bertz CT molecular complexity index is 817. The lowest BCUT2D eigenvalue weighted by molar-refractivity contribution is -0.118. The largest absolute Gasteiger partial charge is 0.478 e. The number of amides is 1. The first-order chi connectivity index (χ1) is 13.0. The first-order valence-corrected chi connectivity index (χ1v) is 8.63. The predicted molar refractivity (Wildman–Crippen MR) is 99.7 cm³/mol. The second-order valence-corrected chi connectivity index (χ2v) is 5.98. The minimum Gasteiger partial charge on any atom is -0.478 e. The highest BCUT2D eigenvalue weighted by Gasteiger charge is 2.19. The van der Waals surface area contributed by atoms with Crippen LogP contribution in [0.2, 0.25) is 0 Å². The summed E-state index contributed by atoms with van der Waals surface area (Å²) in [6.45, 7) is 2.21. The Balaban J connectivity index is 2.30. The number of carboxylic acids is 1. The lowest BCUT2D eigenvalue weighted by Gasteiger charge is -2.22. The molecule has 1 N–H and O–H groups in total. The van der Waals surface area contributed by atoms with Gasteiger partial charge in [0.05, 0.1) is 24.8 Å². The average Bonchev–Trinajstić information content (AvgIpc) is 2.70. The Morgan fingerprint density at radius 2 is 1.81 bits per heavy atom. The van der Waals surface area contributed by atoms with Crippen LogP contribution in [0.3, 0.4) is 0 Å². The molecule has 0 bridgehead atoms. The molecular formula is C20H22N2O5. The topological polar surface area (TPSA) is 96.8 Å². The summed E-state index contributed by atoms with van der Waals surface area (Å²) in [6.07, 6.45) is 3.32. The van der Waals surface area contributed by atoms with Gasteiger partial charge in [-0.25, -0.2) is 14.6 Å². The molecule has 0 aliphatic carbocycles. The number of carboxylic acid groups (broad SMARTS) is 1. The zero-order valence-electron chi connectivity index (χ0n) is 15.3. The summed E-state index contributed by atoms with van der Waals surface area (Å²) in [7, 11) is 1.31. The Morgan fingerprint density at radius 3 is 2.41 bits per heavy atom. The van der Waals surface area contributed by atoms with Crippen molar-refractivity contribution in [2.75, 3.05) is 12.0 Å². The molecule has 2 rings (SSSR count). The number of benzene rings is 1. The highest BCUT2D eigenvalue weighted by molar-refractivity contribution is 5.94. The molecule has 0 fully saturated rings. The van der Waals surface area contributed by atoms with Crippen molar-refractivity contribution in [3.63, 3.8) is 0 Å². The Hall–Kier alpha value is -3.22. The van der Waals surface area contributed by atoms with E-state index >= 15 is 0 Å². The van der Waals surface area contributed by atoms with Gasteiger partial charge in [0.2, 0.25) is 5.91 Å². The van der Waals surface area contributed by atoms with Gasteiger partial charge in [-0.15, -0.1) is 0 Å². The summed E-state index contributed by atoms with van der Waals surface area (Å²) in [5.74, 6) is -1.37. The zero-order chi connectivity index (χ0) is 19.8. The van der Waals surface area contributed by atoms with Crippen LogP contribution in [0.5, 0.6) is 0 Å². The monoisotopic (exact) mass is 370 g/mol. The zero-order valence-corrected chi connectivity index (χ0v) is 15.3. The first-order valence-electron chi connectivity index (χ1n) is 8.63. The Morgan fingerprint density at radius 1 is 1.11 bits per heavy atom. The fourth-order valence-electron chi connectivity index (χ4n) is 2.51. The molecule has 0 unspecified atom stereocenters. The highest BCUT2D eigenvalue weighted by atomic mass is 16.5. The normalized spacial score (nSPS) is 10.3. The average molecular weight is 370 g/mol. The van der Waals surface area contributed by atoms with Gasteiger partial charge in [-0.1, -0.05) is 25.5 Å². The van der Waals surface area contributed by atoms with E-state index in [9.17, 15) is 19.5 Å². The number of ether oxygens (including phenoxy) is 1. The number of methoxy groups -OCH3 is 1. The van der Waals surface area contributed by atoms with Gasteiger partial charge in [-0.05, 0) is 36.2 Å². The van der Waals surface area contributed by atoms with E-state index in [1.807, 2.05) is 6.92 Å². The van der Waals surface area contributed by atoms with Crippen LogP contribution in [0, 0.1) is 0 Å². The van der Waals surface area contributed by atoms with Crippen molar-refractivity contribution in [2.45, 2.75) is 32.7 Å². The summed E-state index contributed by atoms with van der Waals surface area (Å²) in [5, 5.41) is 9.19. The standard InChI is InChI=1S/C20H22N2O5/c1-3-4-5-18(23)22(17-12-16(19(24)25)10-11-21-17)13-14-6-8-15(9-7-14)20(26)27-2/h6-12H,3-5,13H2,1-2H3,(H,24,25). The number of carbonyl (C=O) groups excluding carboxylic acids is 2. The van der Waals surface area contributed by atoms with Crippen LogP contribution >= 0.6 is 0 Å². The molecule has 0 radical (unpaired) electrons. The maximum absolute atomic E-state index is 12.7. The van der Waals surface area contributed by atoms with E-state index in [-0.39, 0.29) is 23.8 Å². The minimum absolute atomic E-state index is 0.0642. The lowest BCUT2D eigenvalue weighted by Crippen LogP contribution is -2.31. The number of anilines is 1. The van der Waals surface area contributed by atoms with Crippen molar-refractivity contribution < 1.29 is 24.2 Å². The summed E-state index contributed by atoms with van der Waals surface area (Å²) in [4.78, 5) is 41.1. The fourth-order valence-corrected chi connectivity index (χ4v) is 2.51. The molecule has 2 aromatic rings. The number of rotatable bonds is 8. The first kappa shape index (κ1) is 20.1. The van der Waals surface area contributed by atoms with Gasteiger partial charge in [0.25, 0.3) is 0 Å². The molecule has 7 heteroatoms. The molecule has 0 saturated carbocycles. The Kier molecular flexibility index (Phi) is 7.05. The van der Waals surface area contributed by atoms with E-state index in [2.05, 4.69) is 9.72 Å². The number of carbonyl (C=O) groups is 3. The maximum atomic E-state index is 12.7. The van der Waals surface area contributed by atoms with E-state index in [0.717, 1.165) is 18.4 Å². The second-order valence-electron chi connectivity index (χ2n) is 5.98. The summed E-state index contributed by atoms with van der Waals surface area (Å²) >= 11 is 0. The molecule has 0 atom stereocenters. The summed E-state index contributed by atoms with van der Waals surface area (Å²) < 4.78 is 4.68. The van der Waals surface area contributed by atoms with Gasteiger partial charge in [0, 0.05) is 12.6 Å². The molecule has 7 nitrogen and oxygen atoms in total. The van der Waals surface area contributed by atoms with Gasteiger partial charge in [0.15, 0.2) is 0 Å². The van der Waals surface area contributed by atoms with Crippen molar-refractivity contribution in [1.29, 1.82) is 0 Å². The molecule has 1 aromatic carbocycles. The number of pyridine rings is 1. The second kappa shape index (κ2) is 9.47. The van der Waals surface area contributed by atoms with Crippen molar-refractivity contribution in [3.8, 4) is 0 Å². The minimum atomic E-state index is -1.08. The lowest BCUT2D eigenvalue weighted by atomic mass is 10.1. The summed E-state index contributed by atoms with van der Waals surface area (Å²) in [5.41, 5.74) is 1.26. The number of aromatic carboxylic acids is 1. The molecule has 0 aliphatic rings. The Labute approximate surface area is 157 Å². The maximum Gasteiger partial charge on any atom is 0.337 e. The molecule has 142 valence electrons. The van der Waals surface area contributed by atoms with Gasteiger partial charge < -0.3 is 9.84 Å². The van der Waals surface area contributed by atoms with Crippen LogP contribution in [0.4, 0.5) is 5.82 Å². The predicted octanol–water partition coefficient (Wildman–Crippen LogP) is 3.29. The van der Waals surface area contributed by atoms with E-state index in [1.54, 1.807) is 24.3 Å². The molecule has 0 aliphatic heterocycles. The van der Waals surface area contributed by atoms with Gasteiger partial charge in [-0.3, -0.25) is 9.69 Å². The van der Waals surface area contributed by atoms with Crippen molar-refractivity contribution in [1.82, 2.24) is 4.98 Å². The van der Waals surface area contributed by atoms with E-state index < -0.39 is 11.9 Å². The van der Waals surface area contributed by atoms with E-state index in [1.165, 1.54) is 30.3 Å². The molecular weight excluding hydrogens is 348 g/mol. The smallest absolute Gasteiger partial charge is 0.337 e. The summed E-state index contributed by atoms with van der Waals surface area (Å²) in [6, 6.07) is 9.47. The van der Waals surface area contributed by atoms with Gasteiger partial charge in [0.1, 0.15) is 5.82 Å². The molecule has 1 aromatic heterocycles. The van der Waals surface area contributed by atoms with Crippen LogP contribution in [0.25, 0.3) is 0 Å². The number of nitrogens with zero attached hydrogens (tertiary/aromatic N) is 2. The van der Waals surface area contributed by atoms with Crippen LogP contribution in [-0.4, -0.2) is 35.0 Å². The van der Waals surface area contributed by atoms with Gasteiger partial charge >= 0.3 is 11.9 Å².